The molecule has 0 bridgehead atoms. The second kappa shape index (κ2) is 6.59. The van der Waals surface area contributed by atoms with Gasteiger partial charge in [-0.25, -0.2) is 4.79 Å². The van der Waals surface area contributed by atoms with Crippen LogP contribution in [-0.2, 0) is 4.74 Å². The maximum atomic E-state index is 12.1. The highest BCUT2D eigenvalue weighted by Gasteiger charge is 2.30. The SMILES string of the molecule is CC(C)(C)OC(=O)N1CCC(c2nc(-c3ccncc3)no2)CC1. The van der Waals surface area contributed by atoms with Crippen molar-refractivity contribution in [1.29, 1.82) is 0 Å². The van der Waals surface area contributed by atoms with Crippen molar-refractivity contribution in [2.75, 3.05) is 13.1 Å². The number of carbonyl (C=O) groups is 1. The topological polar surface area (TPSA) is 81.4 Å². The van der Waals surface area contributed by atoms with Crippen LogP contribution in [0, 0.1) is 0 Å². The first-order chi connectivity index (χ1) is 11.4. The monoisotopic (exact) mass is 330 g/mol. The van der Waals surface area contributed by atoms with E-state index in [1.807, 2.05) is 32.9 Å². The number of hydrogen-bond donors (Lipinski definition) is 0. The molecule has 1 fully saturated rings. The number of carbonyl (C=O) groups excluding carboxylic acids is 1. The molecule has 0 atom stereocenters. The lowest BCUT2D eigenvalue weighted by atomic mass is 9.97. The van der Waals surface area contributed by atoms with Gasteiger partial charge in [0.15, 0.2) is 0 Å². The zero-order valence-electron chi connectivity index (χ0n) is 14.2. The van der Waals surface area contributed by atoms with Crippen molar-refractivity contribution < 1.29 is 14.1 Å². The fourth-order valence-corrected chi connectivity index (χ4v) is 2.65. The number of piperidine rings is 1. The summed E-state index contributed by atoms with van der Waals surface area (Å²) >= 11 is 0. The van der Waals surface area contributed by atoms with E-state index in [9.17, 15) is 4.79 Å². The molecule has 3 rings (SSSR count). The third-order valence-electron chi connectivity index (χ3n) is 3.88. The first-order valence-corrected chi connectivity index (χ1v) is 8.14. The van der Waals surface area contributed by atoms with E-state index in [-0.39, 0.29) is 12.0 Å². The molecule has 0 aliphatic carbocycles. The maximum Gasteiger partial charge on any atom is 0.410 e. The maximum absolute atomic E-state index is 12.1. The van der Waals surface area contributed by atoms with Gasteiger partial charge in [-0.05, 0) is 45.7 Å². The highest BCUT2D eigenvalue weighted by molar-refractivity contribution is 5.68. The van der Waals surface area contributed by atoms with Gasteiger partial charge in [0.25, 0.3) is 0 Å². The van der Waals surface area contributed by atoms with Crippen molar-refractivity contribution in [3.05, 3.63) is 30.4 Å². The summed E-state index contributed by atoms with van der Waals surface area (Å²) in [6, 6.07) is 3.69. The molecule has 7 heteroatoms. The molecule has 0 spiro atoms. The highest BCUT2D eigenvalue weighted by atomic mass is 16.6. The Hall–Kier alpha value is -2.44. The van der Waals surface area contributed by atoms with Crippen molar-refractivity contribution in [3.8, 4) is 11.4 Å². The smallest absolute Gasteiger partial charge is 0.410 e. The molecule has 0 aromatic carbocycles. The van der Waals surface area contributed by atoms with Crippen LogP contribution < -0.4 is 0 Å². The zero-order valence-corrected chi connectivity index (χ0v) is 14.2. The molecule has 1 aliphatic rings. The van der Waals surface area contributed by atoms with Gasteiger partial charge in [0.1, 0.15) is 5.60 Å². The predicted octanol–water partition coefficient (Wildman–Crippen LogP) is 3.25. The Kier molecular flexibility index (Phi) is 4.51. The van der Waals surface area contributed by atoms with Gasteiger partial charge in [-0.15, -0.1) is 0 Å². The first-order valence-electron chi connectivity index (χ1n) is 8.14. The predicted molar refractivity (Wildman–Crippen MR) is 87.3 cm³/mol. The van der Waals surface area contributed by atoms with E-state index >= 15 is 0 Å². The van der Waals surface area contributed by atoms with Gasteiger partial charge in [0.05, 0.1) is 0 Å². The average Bonchev–Trinajstić information content (AvgIpc) is 3.04. The number of rotatable bonds is 2. The summed E-state index contributed by atoms with van der Waals surface area (Å²) in [4.78, 5) is 22.3. The molecule has 2 aromatic rings. The molecule has 1 saturated heterocycles. The molecule has 128 valence electrons. The fraction of sp³-hybridized carbons (Fsp3) is 0.529. The second-order valence-electron chi connectivity index (χ2n) is 6.93. The second-order valence-corrected chi connectivity index (χ2v) is 6.93. The van der Waals surface area contributed by atoms with Gasteiger partial charge < -0.3 is 14.2 Å². The molecule has 0 radical (unpaired) electrons. The minimum Gasteiger partial charge on any atom is -0.444 e. The standard InChI is InChI=1S/C17H22N4O3/c1-17(2,3)23-16(22)21-10-6-13(7-11-21)15-19-14(20-24-15)12-4-8-18-9-5-12/h4-5,8-9,13H,6-7,10-11H2,1-3H3. The number of amides is 1. The van der Waals surface area contributed by atoms with E-state index in [0.717, 1.165) is 18.4 Å². The zero-order chi connectivity index (χ0) is 17.2. The van der Waals surface area contributed by atoms with E-state index in [4.69, 9.17) is 9.26 Å². The van der Waals surface area contributed by atoms with Crippen LogP contribution in [0.5, 0.6) is 0 Å². The van der Waals surface area contributed by atoms with E-state index in [1.54, 1.807) is 17.3 Å². The summed E-state index contributed by atoms with van der Waals surface area (Å²) in [6.07, 6.45) is 4.72. The molecular weight excluding hydrogens is 308 g/mol. The van der Waals surface area contributed by atoms with E-state index in [1.165, 1.54) is 0 Å². The number of likely N-dealkylation sites (tertiary alicyclic amines) is 1. The van der Waals surface area contributed by atoms with Crippen LogP contribution in [0.25, 0.3) is 11.4 Å². The van der Waals surface area contributed by atoms with E-state index < -0.39 is 5.60 Å². The normalized spacial score (nSPS) is 16.2. The van der Waals surface area contributed by atoms with Gasteiger partial charge in [-0.1, -0.05) is 5.16 Å². The molecular formula is C17H22N4O3. The Bertz CT molecular complexity index is 685. The number of hydrogen-bond acceptors (Lipinski definition) is 6. The average molecular weight is 330 g/mol. The third kappa shape index (κ3) is 3.90. The lowest BCUT2D eigenvalue weighted by Gasteiger charge is -2.32. The summed E-state index contributed by atoms with van der Waals surface area (Å²) in [5.41, 5.74) is 0.408. The summed E-state index contributed by atoms with van der Waals surface area (Å²) in [5, 5.41) is 4.05. The highest BCUT2D eigenvalue weighted by Crippen LogP contribution is 2.29. The van der Waals surface area contributed by atoms with Crippen LogP contribution in [0.3, 0.4) is 0 Å². The van der Waals surface area contributed by atoms with Gasteiger partial charge in [0.2, 0.25) is 11.7 Å². The number of nitrogens with zero attached hydrogens (tertiary/aromatic N) is 4. The van der Waals surface area contributed by atoms with Crippen molar-refractivity contribution in [2.24, 2.45) is 0 Å². The van der Waals surface area contributed by atoms with E-state index in [0.29, 0.717) is 24.8 Å². The molecule has 24 heavy (non-hydrogen) atoms. The number of pyridine rings is 1. The van der Waals surface area contributed by atoms with Gasteiger partial charge in [-0.3, -0.25) is 4.98 Å². The molecule has 7 nitrogen and oxygen atoms in total. The minimum absolute atomic E-state index is 0.173. The lowest BCUT2D eigenvalue weighted by molar-refractivity contribution is 0.0198. The molecule has 0 unspecified atom stereocenters. The summed E-state index contributed by atoms with van der Waals surface area (Å²) in [6.45, 7) is 6.88. The quantitative estimate of drug-likeness (QED) is 0.841. The van der Waals surface area contributed by atoms with Crippen molar-refractivity contribution >= 4 is 6.09 Å². The molecule has 2 aromatic heterocycles. The van der Waals surface area contributed by atoms with Crippen LogP contribution in [0.1, 0.15) is 45.4 Å². The van der Waals surface area contributed by atoms with Crippen molar-refractivity contribution in [2.45, 2.75) is 45.1 Å². The van der Waals surface area contributed by atoms with Crippen LogP contribution in [-0.4, -0.2) is 44.8 Å². The van der Waals surface area contributed by atoms with Crippen molar-refractivity contribution in [3.63, 3.8) is 0 Å². The van der Waals surface area contributed by atoms with Crippen LogP contribution in [0.4, 0.5) is 4.79 Å². The van der Waals surface area contributed by atoms with E-state index in [2.05, 4.69) is 15.1 Å². The Balaban J connectivity index is 1.59. The molecule has 0 saturated carbocycles. The summed E-state index contributed by atoms with van der Waals surface area (Å²) in [7, 11) is 0. The van der Waals surface area contributed by atoms with Crippen LogP contribution >= 0.6 is 0 Å². The largest absolute Gasteiger partial charge is 0.444 e. The Morgan fingerprint density at radius 1 is 1.25 bits per heavy atom. The lowest BCUT2D eigenvalue weighted by Crippen LogP contribution is -2.41. The van der Waals surface area contributed by atoms with Crippen LogP contribution in [0.2, 0.25) is 0 Å². The molecule has 0 N–H and O–H groups in total. The minimum atomic E-state index is -0.472. The first kappa shape index (κ1) is 16.4. The number of ether oxygens (including phenoxy) is 1. The summed E-state index contributed by atoms with van der Waals surface area (Å²) in [5.74, 6) is 1.37. The van der Waals surface area contributed by atoms with Gasteiger partial charge in [-0.2, -0.15) is 4.98 Å². The molecule has 1 amide bonds. The Morgan fingerprint density at radius 2 is 1.92 bits per heavy atom. The van der Waals surface area contributed by atoms with Crippen molar-refractivity contribution in [1.82, 2.24) is 20.0 Å². The Labute approximate surface area is 141 Å². The van der Waals surface area contributed by atoms with Crippen LogP contribution in [0.15, 0.2) is 29.0 Å². The molecule has 3 heterocycles. The van der Waals surface area contributed by atoms with Gasteiger partial charge >= 0.3 is 6.09 Å². The number of aromatic nitrogens is 3. The third-order valence-corrected chi connectivity index (χ3v) is 3.88. The summed E-state index contributed by atoms with van der Waals surface area (Å²) < 4.78 is 10.8. The molecule has 1 aliphatic heterocycles. The van der Waals surface area contributed by atoms with Gasteiger partial charge in [0, 0.05) is 37.0 Å². The fourth-order valence-electron chi connectivity index (χ4n) is 2.65. The Morgan fingerprint density at radius 3 is 2.54 bits per heavy atom.